The van der Waals surface area contributed by atoms with Crippen LogP contribution in [0.2, 0.25) is 0 Å². The highest BCUT2D eigenvalue weighted by Gasteiger charge is 2.36. The van der Waals surface area contributed by atoms with Crippen LogP contribution in [0.3, 0.4) is 0 Å². The van der Waals surface area contributed by atoms with E-state index in [0.29, 0.717) is 18.2 Å². The fraction of sp³-hybridized carbons (Fsp3) is 0.333. The molecular formula is C15H15BrFNO. The van der Waals surface area contributed by atoms with Gasteiger partial charge >= 0.3 is 0 Å². The first kappa shape index (κ1) is 12.7. The van der Waals surface area contributed by atoms with Crippen molar-refractivity contribution in [2.45, 2.75) is 25.8 Å². The monoisotopic (exact) mass is 323 g/mol. The third-order valence-electron chi connectivity index (χ3n) is 3.54. The number of benzene rings is 1. The molecule has 0 aliphatic heterocycles. The lowest BCUT2D eigenvalue weighted by atomic mass is 10.3. The molecule has 1 aliphatic rings. The molecule has 2 aromatic rings. The quantitative estimate of drug-likeness (QED) is 0.864. The van der Waals surface area contributed by atoms with Crippen molar-refractivity contribution in [3.05, 3.63) is 52.1 Å². The smallest absolute Gasteiger partial charge is 0.146 e. The highest BCUT2D eigenvalue weighted by Crippen LogP contribution is 2.47. The molecular weight excluding hydrogens is 309 g/mol. The minimum Gasteiger partial charge on any atom is -0.464 e. The SMILES string of the molecule is CC1CC1c1ccc(CNc2cc(Br)ccc2F)o1. The van der Waals surface area contributed by atoms with Crippen molar-refractivity contribution < 1.29 is 8.81 Å². The third-order valence-corrected chi connectivity index (χ3v) is 4.03. The van der Waals surface area contributed by atoms with E-state index in [1.807, 2.05) is 12.1 Å². The van der Waals surface area contributed by atoms with Gasteiger partial charge in [-0.05, 0) is 42.7 Å². The lowest BCUT2D eigenvalue weighted by molar-refractivity contribution is 0.467. The van der Waals surface area contributed by atoms with Gasteiger partial charge in [0.15, 0.2) is 0 Å². The van der Waals surface area contributed by atoms with Gasteiger partial charge in [0.25, 0.3) is 0 Å². The van der Waals surface area contributed by atoms with Gasteiger partial charge in [-0.3, -0.25) is 0 Å². The minimum atomic E-state index is -0.259. The molecule has 0 bridgehead atoms. The van der Waals surface area contributed by atoms with Gasteiger partial charge in [0, 0.05) is 10.4 Å². The van der Waals surface area contributed by atoms with Gasteiger partial charge in [0.2, 0.25) is 0 Å². The largest absolute Gasteiger partial charge is 0.464 e. The van der Waals surface area contributed by atoms with Gasteiger partial charge in [-0.25, -0.2) is 4.39 Å². The van der Waals surface area contributed by atoms with Crippen LogP contribution in [0.25, 0.3) is 0 Å². The molecule has 100 valence electrons. The van der Waals surface area contributed by atoms with E-state index in [2.05, 4.69) is 28.2 Å². The summed E-state index contributed by atoms with van der Waals surface area (Å²) in [6.07, 6.45) is 1.21. The molecule has 1 aromatic carbocycles. The molecule has 2 atom stereocenters. The first-order chi connectivity index (χ1) is 9.13. The Balaban J connectivity index is 1.65. The molecule has 19 heavy (non-hydrogen) atoms. The van der Waals surface area contributed by atoms with Crippen LogP contribution in [0.4, 0.5) is 10.1 Å². The maximum atomic E-state index is 13.6. The van der Waals surface area contributed by atoms with Crippen molar-refractivity contribution in [3.8, 4) is 0 Å². The number of anilines is 1. The van der Waals surface area contributed by atoms with Crippen molar-refractivity contribution >= 4 is 21.6 Å². The molecule has 1 aromatic heterocycles. The highest BCUT2D eigenvalue weighted by atomic mass is 79.9. The van der Waals surface area contributed by atoms with Crippen LogP contribution in [0.5, 0.6) is 0 Å². The van der Waals surface area contributed by atoms with Gasteiger partial charge < -0.3 is 9.73 Å². The van der Waals surface area contributed by atoms with E-state index in [1.54, 1.807) is 12.1 Å². The minimum absolute atomic E-state index is 0.259. The first-order valence-electron chi connectivity index (χ1n) is 6.41. The summed E-state index contributed by atoms with van der Waals surface area (Å²) in [5.74, 6) is 2.95. The second kappa shape index (κ2) is 5.00. The molecule has 1 N–H and O–H groups in total. The lowest BCUT2D eigenvalue weighted by Crippen LogP contribution is -2.00. The molecule has 1 aliphatic carbocycles. The van der Waals surface area contributed by atoms with Gasteiger partial charge in [0.05, 0.1) is 12.2 Å². The van der Waals surface area contributed by atoms with E-state index in [9.17, 15) is 4.39 Å². The van der Waals surface area contributed by atoms with Crippen LogP contribution < -0.4 is 5.32 Å². The highest BCUT2D eigenvalue weighted by molar-refractivity contribution is 9.10. The zero-order valence-corrected chi connectivity index (χ0v) is 12.2. The van der Waals surface area contributed by atoms with Crippen LogP contribution in [-0.4, -0.2) is 0 Å². The Hall–Kier alpha value is -1.29. The molecule has 0 radical (unpaired) electrons. The number of halogens is 2. The second-order valence-electron chi connectivity index (χ2n) is 5.10. The summed E-state index contributed by atoms with van der Waals surface area (Å²) < 4.78 is 20.2. The molecule has 2 unspecified atom stereocenters. The topological polar surface area (TPSA) is 25.2 Å². The van der Waals surface area contributed by atoms with Crippen LogP contribution in [0, 0.1) is 11.7 Å². The van der Waals surface area contributed by atoms with E-state index in [-0.39, 0.29) is 5.82 Å². The van der Waals surface area contributed by atoms with Crippen LogP contribution >= 0.6 is 15.9 Å². The Labute approximate surface area is 120 Å². The molecule has 1 heterocycles. The molecule has 3 rings (SSSR count). The molecule has 4 heteroatoms. The zero-order chi connectivity index (χ0) is 13.4. The number of furan rings is 1. The van der Waals surface area contributed by atoms with E-state index in [0.717, 1.165) is 21.9 Å². The van der Waals surface area contributed by atoms with Crippen molar-refractivity contribution in [1.82, 2.24) is 0 Å². The lowest BCUT2D eigenvalue weighted by Gasteiger charge is -2.06. The third kappa shape index (κ3) is 2.84. The van der Waals surface area contributed by atoms with E-state index in [1.165, 1.54) is 12.5 Å². The summed E-state index contributed by atoms with van der Waals surface area (Å²) in [5, 5.41) is 3.06. The van der Waals surface area contributed by atoms with E-state index >= 15 is 0 Å². The Kier molecular flexibility index (Phi) is 3.35. The summed E-state index contributed by atoms with van der Waals surface area (Å²) in [6.45, 7) is 2.72. The van der Waals surface area contributed by atoms with E-state index < -0.39 is 0 Å². The number of hydrogen-bond acceptors (Lipinski definition) is 2. The van der Waals surface area contributed by atoms with Gasteiger partial charge in [-0.15, -0.1) is 0 Å². The molecule has 1 saturated carbocycles. The number of rotatable bonds is 4. The molecule has 2 nitrogen and oxygen atoms in total. The fourth-order valence-electron chi connectivity index (χ4n) is 2.22. The average Bonchev–Trinajstić information content (AvgIpc) is 2.93. The molecule has 0 amide bonds. The first-order valence-corrected chi connectivity index (χ1v) is 7.20. The molecule has 0 spiro atoms. The van der Waals surface area contributed by atoms with E-state index in [4.69, 9.17) is 4.42 Å². The fourth-order valence-corrected chi connectivity index (χ4v) is 2.58. The van der Waals surface area contributed by atoms with Crippen molar-refractivity contribution in [2.75, 3.05) is 5.32 Å². The van der Waals surface area contributed by atoms with Crippen molar-refractivity contribution in [2.24, 2.45) is 5.92 Å². The Morgan fingerprint density at radius 1 is 1.37 bits per heavy atom. The molecule has 1 fully saturated rings. The van der Waals surface area contributed by atoms with Crippen LogP contribution in [-0.2, 0) is 6.54 Å². The van der Waals surface area contributed by atoms with Crippen LogP contribution in [0.1, 0.15) is 30.8 Å². The van der Waals surface area contributed by atoms with Crippen molar-refractivity contribution in [3.63, 3.8) is 0 Å². The Morgan fingerprint density at radius 3 is 2.89 bits per heavy atom. The predicted octanol–water partition coefficient (Wildman–Crippen LogP) is 4.92. The standard InChI is InChI=1S/C15H15BrFNO/c1-9-6-12(9)15-5-3-11(19-15)8-18-14-7-10(16)2-4-13(14)17/h2-5,7,9,12,18H,6,8H2,1H3. The summed E-state index contributed by atoms with van der Waals surface area (Å²) >= 11 is 3.33. The summed E-state index contributed by atoms with van der Waals surface area (Å²) in [5.41, 5.74) is 0.479. The summed E-state index contributed by atoms with van der Waals surface area (Å²) in [4.78, 5) is 0. The second-order valence-corrected chi connectivity index (χ2v) is 6.02. The van der Waals surface area contributed by atoms with Crippen molar-refractivity contribution in [1.29, 1.82) is 0 Å². The van der Waals surface area contributed by atoms with Crippen LogP contribution in [0.15, 0.2) is 39.2 Å². The van der Waals surface area contributed by atoms with Gasteiger partial charge in [0.1, 0.15) is 17.3 Å². The predicted molar refractivity (Wildman–Crippen MR) is 76.7 cm³/mol. The Morgan fingerprint density at radius 2 is 2.16 bits per heavy atom. The average molecular weight is 324 g/mol. The van der Waals surface area contributed by atoms with Gasteiger partial charge in [-0.1, -0.05) is 22.9 Å². The summed E-state index contributed by atoms with van der Waals surface area (Å²) in [7, 11) is 0. The zero-order valence-electron chi connectivity index (χ0n) is 10.6. The van der Waals surface area contributed by atoms with Gasteiger partial charge in [-0.2, -0.15) is 0 Å². The number of hydrogen-bond donors (Lipinski definition) is 1. The maximum Gasteiger partial charge on any atom is 0.146 e. The molecule has 0 saturated heterocycles. The maximum absolute atomic E-state index is 13.6. The Bertz CT molecular complexity index is 596. The summed E-state index contributed by atoms with van der Waals surface area (Å²) in [6, 6.07) is 8.83. The normalized spacial score (nSPS) is 21.4. The number of nitrogens with one attached hydrogen (secondary N) is 1.